The predicted molar refractivity (Wildman–Crippen MR) is 96.9 cm³/mol. The fourth-order valence-electron chi connectivity index (χ4n) is 2.72. The van der Waals surface area contributed by atoms with Crippen LogP contribution in [0.3, 0.4) is 0 Å². The molecule has 5 heteroatoms. The van der Waals surface area contributed by atoms with Crippen molar-refractivity contribution in [3.05, 3.63) is 0 Å². The number of halogens is 1. The van der Waals surface area contributed by atoms with Crippen molar-refractivity contribution < 1.29 is 5.11 Å². The van der Waals surface area contributed by atoms with Gasteiger partial charge in [0, 0.05) is 25.7 Å². The lowest BCUT2D eigenvalue weighted by molar-refractivity contribution is 0.253. The molecule has 1 saturated carbocycles. The molecule has 1 aliphatic carbocycles. The van der Waals surface area contributed by atoms with Crippen LogP contribution in [-0.2, 0) is 0 Å². The van der Waals surface area contributed by atoms with Crippen LogP contribution >= 0.6 is 24.0 Å². The maximum absolute atomic E-state index is 9.08. The number of hydrogen-bond acceptors (Lipinski definition) is 2. The lowest BCUT2D eigenvalue weighted by Crippen LogP contribution is -2.42. The topological polar surface area (TPSA) is 56.7 Å². The summed E-state index contributed by atoms with van der Waals surface area (Å²) < 4.78 is 0. The summed E-state index contributed by atoms with van der Waals surface area (Å²) >= 11 is 0. The SMILES string of the molecule is CCCC(CCO)CN=C(NCC)NC1CCCC1.I. The highest BCUT2D eigenvalue weighted by Crippen LogP contribution is 2.17. The molecule has 4 nitrogen and oxygen atoms in total. The molecule has 1 unspecified atom stereocenters. The van der Waals surface area contributed by atoms with Gasteiger partial charge < -0.3 is 15.7 Å². The molecular formula is C15H32IN3O. The third kappa shape index (κ3) is 8.29. The van der Waals surface area contributed by atoms with E-state index in [1.165, 1.54) is 25.7 Å². The Bertz CT molecular complexity index is 250. The predicted octanol–water partition coefficient (Wildman–Crippen LogP) is 2.90. The summed E-state index contributed by atoms with van der Waals surface area (Å²) in [6, 6.07) is 0.597. The monoisotopic (exact) mass is 397 g/mol. The van der Waals surface area contributed by atoms with E-state index in [9.17, 15) is 0 Å². The normalized spacial score (nSPS) is 17.6. The summed E-state index contributed by atoms with van der Waals surface area (Å²) in [5.41, 5.74) is 0. The molecule has 0 aromatic heterocycles. The second-order valence-electron chi connectivity index (χ2n) is 5.51. The first-order chi connectivity index (χ1) is 9.30. The van der Waals surface area contributed by atoms with Crippen molar-refractivity contribution >= 4 is 29.9 Å². The van der Waals surface area contributed by atoms with Crippen LogP contribution in [0.2, 0.25) is 0 Å². The van der Waals surface area contributed by atoms with Gasteiger partial charge in [-0.05, 0) is 38.5 Å². The largest absolute Gasteiger partial charge is 0.396 e. The molecule has 1 rings (SSSR count). The summed E-state index contributed by atoms with van der Waals surface area (Å²) in [5.74, 6) is 1.46. The molecule has 1 fully saturated rings. The fourth-order valence-corrected chi connectivity index (χ4v) is 2.72. The Balaban J connectivity index is 0.00000361. The highest BCUT2D eigenvalue weighted by Gasteiger charge is 2.16. The summed E-state index contributed by atoms with van der Waals surface area (Å²) in [6.07, 6.45) is 8.36. The van der Waals surface area contributed by atoms with E-state index >= 15 is 0 Å². The molecule has 0 saturated heterocycles. The minimum absolute atomic E-state index is 0. The number of nitrogens with zero attached hydrogens (tertiary/aromatic N) is 1. The first-order valence-electron chi connectivity index (χ1n) is 7.95. The maximum Gasteiger partial charge on any atom is 0.191 e. The van der Waals surface area contributed by atoms with Gasteiger partial charge in [-0.15, -0.1) is 24.0 Å². The number of aliphatic imine (C=N–C) groups is 1. The highest BCUT2D eigenvalue weighted by molar-refractivity contribution is 14.0. The number of guanidine groups is 1. The third-order valence-corrected chi connectivity index (χ3v) is 3.78. The van der Waals surface area contributed by atoms with Crippen molar-refractivity contribution in [3.8, 4) is 0 Å². The first kappa shape index (κ1) is 20.0. The smallest absolute Gasteiger partial charge is 0.191 e. The van der Waals surface area contributed by atoms with Crippen LogP contribution in [0.15, 0.2) is 4.99 Å². The average molecular weight is 397 g/mol. The lowest BCUT2D eigenvalue weighted by atomic mass is 10.0. The van der Waals surface area contributed by atoms with Gasteiger partial charge in [-0.25, -0.2) is 0 Å². The van der Waals surface area contributed by atoms with Gasteiger partial charge in [-0.1, -0.05) is 26.2 Å². The first-order valence-corrected chi connectivity index (χ1v) is 7.95. The third-order valence-electron chi connectivity index (χ3n) is 3.78. The molecular weight excluding hydrogens is 365 g/mol. The van der Waals surface area contributed by atoms with Crippen molar-refractivity contribution in [1.82, 2.24) is 10.6 Å². The summed E-state index contributed by atoms with van der Waals surface area (Å²) in [4.78, 5) is 4.70. The number of aliphatic hydroxyl groups excluding tert-OH is 1. The lowest BCUT2D eigenvalue weighted by Gasteiger charge is -2.18. The number of hydrogen-bond donors (Lipinski definition) is 3. The fraction of sp³-hybridized carbons (Fsp3) is 0.933. The Labute approximate surface area is 141 Å². The van der Waals surface area contributed by atoms with E-state index in [0.717, 1.165) is 38.3 Å². The van der Waals surface area contributed by atoms with Gasteiger partial charge in [0.25, 0.3) is 0 Å². The van der Waals surface area contributed by atoms with E-state index in [4.69, 9.17) is 10.1 Å². The number of aliphatic hydroxyl groups is 1. The van der Waals surface area contributed by atoms with Crippen LogP contribution in [0.25, 0.3) is 0 Å². The van der Waals surface area contributed by atoms with Gasteiger partial charge >= 0.3 is 0 Å². The van der Waals surface area contributed by atoms with Gasteiger partial charge in [0.1, 0.15) is 0 Å². The standard InChI is InChI=1S/C15H31N3O.HI/c1-3-7-13(10-11-19)12-17-15(16-4-2)18-14-8-5-6-9-14;/h13-14,19H,3-12H2,1-2H3,(H2,16,17,18);1H. The molecule has 3 N–H and O–H groups in total. The van der Waals surface area contributed by atoms with E-state index in [0.29, 0.717) is 12.0 Å². The molecule has 0 aromatic carbocycles. The molecule has 0 radical (unpaired) electrons. The molecule has 0 amide bonds. The van der Waals surface area contributed by atoms with Crippen LogP contribution in [0.1, 0.15) is 58.8 Å². The summed E-state index contributed by atoms with van der Waals surface area (Å²) in [5, 5.41) is 15.9. The van der Waals surface area contributed by atoms with Crippen molar-refractivity contribution in [2.24, 2.45) is 10.9 Å². The number of rotatable bonds is 8. The van der Waals surface area contributed by atoms with Crippen LogP contribution < -0.4 is 10.6 Å². The Hall–Kier alpha value is -0.0400. The molecule has 0 spiro atoms. The molecule has 20 heavy (non-hydrogen) atoms. The van der Waals surface area contributed by atoms with Crippen LogP contribution in [0.4, 0.5) is 0 Å². The average Bonchev–Trinajstić information content (AvgIpc) is 2.89. The Morgan fingerprint density at radius 3 is 2.50 bits per heavy atom. The van der Waals surface area contributed by atoms with E-state index in [1.54, 1.807) is 0 Å². The minimum atomic E-state index is 0. The zero-order valence-corrected chi connectivity index (χ0v) is 15.4. The van der Waals surface area contributed by atoms with E-state index < -0.39 is 0 Å². The van der Waals surface area contributed by atoms with Crippen molar-refractivity contribution in [2.45, 2.75) is 64.8 Å². The zero-order chi connectivity index (χ0) is 13.9. The molecule has 0 heterocycles. The van der Waals surface area contributed by atoms with E-state index in [1.807, 2.05) is 0 Å². The summed E-state index contributed by atoms with van der Waals surface area (Å²) in [7, 11) is 0. The second kappa shape index (κ2) is 12.7. The molecule has 120 valence electrons. The van der Waals surface area contributed by atoms with Gasteiger partial charge in [0.05, 0.1) is 0 Å². The molecule has 0 bridgehead atoms. The zero-order valence-electron chi connectivity index (χ0n) is 13.0. The summed E-state index contributed by atoms with van der Waals surface area (Å²) in [6.45, 7) is 6.28. The molecule has 1 atom stereocenters. The van der Waals surface area contributed by atoms with Crippen LogP contribution in [-0.4, -0.2) is 36.8 Å². The van der Waals surface area contributed by atoms with Gasteiger partial charge in [0.15, 0.2) is 5.96 Å². The van der Waals surface area contributed by atoms with Crippen molar-refractivity contribution in [1.29, 1.82) is 0 Å². The second-order valence-corrected chi connectivity index (χ2v) is 5.51. The molecule has 1 aliphatic rings. The van der Waals surface area contributed by atoms with Gasteiger partial charge in [0.2, 0.25) is 0 Å². The Kier molecular flexibility index (Phi) is 12.7. The van der Waals surface area contributed by atoms with Crippen LogP contribution in [0.5, 0.6) is 0 Å². The van der Waals surface area contributed by atoms with Crippen molar-refractivity contribution in [3.63, 3.8) is 0 Å². The Morgan fingerprint density at radius 2 is 1.95 bits per heavy atom. The maximum atomic E-state index is 9.08. The van der Waals surface area contributed by atoms with E-state index in [2.05, 4.69) is 24.5 Å². The quantitative estimate of drug-likeness (QED) is 0.335. The molecule has 0 aromatic rings. The van der Waals surface area contributed by atoms with Crippen molar-refractivity contribution in [2.75, 3.05) is 19.7 Å². The highest BCUT2D eigenvalue weighted by atomic mass is 127. The van der Waals surface area contributed by atoms with Crippen LogP contribution in [0, 0.1) is 5.92 Å². The van der Waals surface area contributed by atoms with Gasteiger partial charge in [-0.3, -0.25) is 4.99 Å². The molecule has 0 aliphatic heterocycles. The number of nitrogens with one attached hydrogen (secondary N) is 2. The minimum Gasteiger partial charge on any atom is -0.396 e. The Morgan fingerprint density at radius 1 is 1.25 bits per heavy atom. The van der Waals surface area contributed by atoms with E-state index in [-0.39, 0.29) is 30.6 Å². The van der Waals surface area contributed by atoms with Gasteiger partial charge in [-0.2, -0.15) is 0 Å².